The smallest absolute Gasteiger partial charge is 0.254 e. The number of amides is 1. The Morgan fingerprint density at radius 2 is 1.93 bits per heavy atom. The van der Waals surface area contributed by atoms with Crippen molar-refractivity contribution < 1.29 is 13.6 Å². The lowest BCUT2D eigenvalue weighted by atomic mass is 10.2. The fourth-order valence-corrected chi connectivity index (χ4v) is 1.08. The highest BCUT2D eigenvalue weighted by molar-refractivity contribution is 5.94. The standard InChI is InChI=1S/C10H8F2N2O/c1-14(3-2-13)10(15)7-4-8(11)6-9(12)5-7/h4-6H,3H2,1H3. The van der Waals surface area contributed by atoms with Crippen LogP contribution in [0.1, 0.15) is 10.4 Å². The van der Waals surface area contributed by atoms with Gasteiger partial charge in [0.05, 0.1) is 6.07 Å². The van der Waals surface area contributed by atoms with E-state index in [9.17, 15) is 13.6 Å². The Hall–Kier alpha value is -1.96. The summed E-state index contributed by atoms with van der Waals surface area (Å²) in [4.78, 5) is 12.6. The SMILES string of the molecule is CN(CC#N)C(=O)c1cc(F)cc(F)c1. The summed E-state index contributed by atoms with van der Waals surface area (Å²) in [6, 6.07) is 4.31. The first-order valence-electron chi connectivity index (χ1n) is 4.13. The van der Waals surface area contributed by atoms with Gasteiger partial charge < -0.3 is 4.90 Å². The van der Waals surface area contributed by atoms with E-state index in [1.165, 1.54) is 7.05 Å². The van der Waals surface area contributed by atoms with Crippen LogP contribution in [0.3, 0.4) is 0 Å². The monoisotopic (exact) mass is 210 g/mol. The lowest BCUT2D eigenvalue weighted by Gasteiger charge is -2.12. The van der Waals surface area contributed by atoms with Crippen LogP contribution in [0.4, 0.5) is 8.78 Å². The molecule has 1 aromatic rings. The van der Waals surface area contributed by atoms with Crippen molar-refractivity contribution in [2.24, 2.45) is 0 Å². The summed E-state index contributed by atoms with van der Waals surface area (Å²) in [5, 5.41) is 8.35. The second-order valence-electron chi connectivity index (χ2n) is 2.98. The summed E-state index contributed by atoms with van der Waals surface area (Å²) >= 11 is 0. The highest BCUT2D eigenvalue weighted by atomic mass is 19.1. The van der Waals surface area contributed by atoms with E-state index < -0.39 is 17.5 Å². The fraction of sp³-hybridized carbons (Fsp3) is 0.200. The van der Waals surface area contributed by atoms with E-state index in [1.54, 1.807) is 6.07 Å². The highest BCUT2D eigenvalue weighted by Crippen LogP contribution is 2.09. The zero-order valence-corrected chi connectivity index (χ0v) is 8.00. The summed E-state index contributed by atoms with van der Waals surface area (Å²) < 4.78 is 25.5. The van der Waals surface area contributed by atoms with Crippen LogP contribution in [0.5, 0.6) is 0 Å². The second-order valence-corrected chi connectivity index (χ2v) is 2.98. The van der Waals surface area contributed by atoms with Crippen molar-refractivity contribution >= 4 is 5.91 Å². The van der Waals surface area contributed by atoms with Gasteiger partial charge in [-0.15, -0.1) is 0 Å². The Morgan fingerprint density at radius 1 is 1.40 bits per heavy atom. The van der Waals surface area contributed by atoms with Gasteiger partial charge in [0.25, 0.3) is 5.91 Å². The summed E-state index contributed by atoms with van der Waals surface area (Å²) in [5.41, 5.74) is -0.106. The highest BCUT2D eigenvalue weighted by Gasteiger charge is 2.13. The molecule has 0 aromatic heterocycles. The number of rotatable bonds is 2. The summed E-state index contributed by atoms with van der Waals surface area (Å²) in [6.07, 6.45) is 0. The van der Waals surface area contributed by atoms with Gasteiger partial charge in [0.2, 0.25) is 0 Å². The molecule has 0 bridgehead atoms. The molecule has 0 heterocycles. The van der Waals surface area contributed by atoms with E-state index in [1.807, 2.05) is 0 Å². The molecular weight excluding hydrogens is 202 g/mol. The molecule has 78 valence electrons. The Bertz CT molecular complexity index is 406. The summed E-state index contributed by atoms with van der Waals surface area (Å²) in [5.74, 6) is -2.22. The molecule has 0 radical (unpaired) electrons. The third-order valence-electron chi connectivity index (χ3n) is 1.76. The van der Waals surface area contributed by atoms with Gasteiger partial charge >= 0.3 is 0 Å². The van der Waals surface area contributed by atoms with Crippen LogP contribution in [0.2, 0.25) is 0 Å². The number of carbonyl (C=O) groups is 1. The van der Waals surface area contributed by atoms with Gasteiger partial charge in [-0.2, -0.15) is 5.26 Å². The lowest BCUT2D eigenvalue weighted by Crippen LogP contribution is -2.27. The summed E-state index contributed by atoms with van der Waals surface area (Å²) in [7, 11) is 1.38. The molecule has 0 unspecified atom stereocenters. The van der Waals surface area contributed by atoms with Crippen molar-refractivity contribution in [1.29, 1.82) is 5.26 Å². The molecule has 1 aromatic carbocycles. The third kappa shape index (κ3) is 2.74. The number of hydrogen-bond acceptors (Lipinski definition) is 2. The van der Waals surface area contributed by atoms with E-state index in [0.717, 1.165) is 17.0 Å². The Balaban J connectivity index is 2.97. The maximum absolute atomic E-state index is 12.8. The molecule has 0 aliphatic rings. The molecule has 15 heavy (non-hydrogen) atoms. The van der Waals surface area contributed by atoms with Crippen LogP contribution in [-0.4, -0.2) is 24.4 Å². The number of hydrogen-bond donors (Lipinski definition) is 0. The zero-order chi connectivity index (χ0) is 11.4. The minimum atomic E-state index is -0.816. The zero-order valence-electron chi connectivity index (χ0n) is 8.00. The quantitative estimate of drug-likeness (QED) is 0.695. The van der Waals surface area contributed by atoms with Crippen LogP contribution >= 0.6 is 0 Å². The predicted molar refractivity (Wildman–Crippen MR) is 48.9 cm³/mol. The number of nitrogens with zero attached hydrogens (tertiary/aromatic N) is 2. The molecule has 5 heteroatoms. The average molecular weight is 210 g/mol. The molecular formula is C10H8F2N2O. The lowest BCUT2D eigenvalue weighted by molar-refractivity contribution is 0.0811. The van der Waals surface area contributed by atoms with Crippen molar-refractivity contribution in [3.63, 3.8) is 0 Å². The normalized spacial score (nSPS) is 9.47. The van der Waals surface area contributed by atoms with Crippen molar-refractivity contribution in [2.45, 2.75) is 0 Å². The third-order valence-corrected chi connectivity index (χ3v) is 1.76. The first kappa shape index (κ1) is 11.1. The van der Waals surface area contributed by atoms with Gasteiger partial charge in [0, 0.05) is 18.7 Å². The molecule has 0 fully saturated rings. The molecule has 0 aliphatic heterocycles. The molecule has 0 saturated heterocycles. The fourth-order valence-electron chi connectivity index (χ4n) is 1.08. The van der Waals surface area contributed by atoms with Crippen LogP contribution in [0.15, 0.2) is 18.2 Å². The average Bonchev–Trinajstić information content (AvgIpc) is 2.15. The Labute approximate surface area is 85.5 Å². The van der Waals surface area contributed by atoms with Crippen LogP contribution < -0.4 is 0 Å². The number of carbonyl (C=O) groups excluding carboxylic acids is 1. The molecule has 1 rings (SSSR count). The first-order valence-corrected chi connectivity index (χ1v) is 4.13. The van der Waals surface area contributed by atoms with E-state index in [4.69, 9.17) is 5.26 Å². The molecule has 0 spiro atoms. The van der Waals surface area contributed by atoms with E-state index in [0.29, 0.717) is 6.07 Å². The van der Waals surface area contributed by atoms with Gasteiger partial charge in [-0.05, 0) is 12.1 Å². The predicted octanol–water partition coefficient (Wildman–Crippen LogP) is 1.56. The van der Waals surface area contributed by atoms with Gasteiger partial charge in [0.15, 0.2) is 0 Å². The minimum Gasteiger partial charge on any atom is -0.328 e. The van der Waals surface area contributed by atoms with E-state index in [-0.39, 0.29) is 12.1 Å². The van der Waals surface area contributed by atoms with Crippen molar-refractivity contribution in [3.05, 3.63) is 35.4 Å². The van der Waals surface area contributed by atoms with Gasteiger partial charge in [-0.25, -0.2) is 8.78 Å². The minimum absolute atomic E-state index is 0.106. The molecule has 0 aliphatic carbocycles. The number of nitriles is 1. The van der Waals surface area contributed by atoms with Crippen LogP contribution in [0.25, 0.3) is 0 Å². The topological polar surface area (TPSA) is 44.1 Å². The largest absolute Gasteiger partial charge is 0.328 e. The molecule has 3 nitrogen and oxygen atoms in total. The van der Waals surface area contributed by atoms with Gasteiger partial charge in [0.1, 0.15) is 18.2 Å². The van der Waals surface area contributed by atoms with E-state index >= 15 is 0 Å². The molecule has 0 atom stereocenters. The van der Waals surface area contributed by atoms with Crippen molar-refractivity contribution in [3.8, 4) is 6.07 Å². The maximum atomic E-state index is 12.8. The van der Waals surface area contributed by atoms with Gasteiger partial charge in [-0.1, -0.05) is 0 Å². The number of halogens is 2. The first-order chi connectivity index (χ1) is 7.04. The maximum Gasteiger partial charge on any atom is 0.254 e. The Kier molecular flexibility index (Phi) is 3.34. The van der Waals surface area contributed by atoms with Crippen LogP contribution in [0, 0.1) is 23.0 Å². The van der Waals surface area contributed by atoms with Gasteiger partial charge in [-0.3, -0.25) is 4.79 Å². The van der Waals surface area contributed by atoms with Crippen LogP contribution in [-0.2, 0) is 0 Å². The molecule has 0 N–H and O–H groups in total. The number of benzene rings is 1. The molecule has 0 saturated carbocycles. The Morgan fingerprint density at radius 3 is 2.40 bits per heavy atom. The second kappa shape index (κ2) is 4.51. The van der Waals surface area contributed by atoms with E-state index in [2.05, 4.69) is 0 Å². The van der Waals surface area contributed by atoms with Crippen molar-refractivity contribution in [1.82, 2.24) is 4.90 Å². The molecule has 1 amide bonds. The van der Waals surface area contributed by atoms with Crippen molar-refractivity contribution in [2.75, 3.05) is 13.6 Å². The summed E-state index contributed by atoms with van der Waals surface area (Å²) in [6.45, 7) is -0.128.